The molecule has 5 nitrogen and oxygen atoms in total. The Morgan fingerprint density at radius 2 is 2.23 bits per heavy atom. The number of ether oxygens (including phenoxy) is 1. The third-order valence-corrected chi connectivity index (χ3v) is 4.93. The van der Waals surface area contributed by atoms with Gasteiger partial charge >= 0.3 is 0 Å². The van der Waals surface area contributed by atoms with Gasteiger partial charge in [0.25, 0.3) is 5.91 Å². The predicted molar refractivity (Wildman–Crippen MR) is 103 cm³/mol. The fourth-order valence-electron chi connectivity index (χ4n) is 3.17. The SMILES string of the molecule is CNCC1CCCN(C(=O)c2cccnc2Oc2ccc(Cl)cc2Cl)C1. The summed E-state index contributed by atoms with van der Waals surface area (Å²) in [6.07, 6.45) is 3.72. The van der Waals surface area contributed by atoms with E-state index in [0.29, 0.717) is 27.3 Å². The molecule has 1 atom stereocenters. The lowest BCUT2D eigenvalue weighted by Gasteiger charge is -2.33. The van der Waals surface area contributed by atoms with Crippen LogP contribution in [0.25, 0.3) is 0 Å². The van der Waals surface area contributed by atoms with Gasteiger partial charge < -0.3 is 15.0 Å². The highest BCUT2D eigenvalue weighted by molar-refractivity contribution is 6.35. The normalized spacial score (nSPS) is 17.2. The van der Waals surface area contributed by atoms with Crippen LogP contribution in [0.2, 0.25) is 10.0 Å². The summed E-state index contributed by atoms with van der Waals surface area (Å²) in [6, 6.07) is 8.41. The number of amides is 1. The van der Waals surface area contributed by atoms with Gasteiger partial charge in [0.1, 0.15) is 11.3 Å². The Kier molecular flexibility index (Phi) is 6.35. The molecule has 2 heterocycles. The zero-order chi connectivity index (χ0) is 18.5. The van der Waals surface area contributed by atoms with Crippen LogP contribution in [0.4, 0.5) is 0 Å². The third kappa shape index (κ3) is 4.47. The summed E-state index contributed by atoms with van der Waals surface area (Å²) in [5, 5.41) is 4.08. The topological polar surface area (TPSA) is 54.5 Å². The van der Waals surface area contributed by atoms with Gasteiger partial charge in [-0.25, -0.2) is 4.98 Å². The number of nitrogens with zero attached hydrogens (tertiary/aromatic N) is 2. The number of carbonyl (C=O) groups excluding carboxylic acids is 1. The Morgan fingerprint density at radius 1 is 1.38 bits per heavy atom. The Bertz CT molecular complexity index is 783. The monoisotopic (exact) mass is 393 g/mol. The van der Waals surface area contributed by atoms with Crippen molar-refractivity contribution in [2.75, 3.05) is 26.7 Å². The maximum absolute atomic E-state index is 13.0. The summed E-state index contributed by atoms with van der Waals surface area (Å²) < 4.78 is 5.82. The first-order valence-corrected chi connectivity index (χ1v) is 9.36. The molecule has 1 saturated heterocycles. The Hall–Kier alpha value is -1.82. The number of hydrogen-bond donors (Lipinski definition) is 1. The van der Waals surface area contributed by atoms with E-state index in [9.17, 15) is 4.79 Å². The van der Waals surface area contributed by atoms with Gasteiger partial charge in [-0.05, 0) is 62.7 Å². The van der Waals surface area contributed by atoms with E-state index in [1.54, 1.807) is 36.5 Å². The van der Waals surface area contributed by atoms with Crippen LogP contribution in [-0.2, 0) is 0 Å². The summed E-state index contributed by atoms with van der Waals surface area (Å²) in [6.45, 7) is 2.38. The number of rotatable bonds is 5. The van der Waals surface area contributed by atoms with Crippen molar-refractivity contribution in [1.82, 2.24) is 15.2 Å². The van der Waals surface area contributed by atoms with E-state index in [0.717, 1.165) is 32.5 Å². The molecule has 26 heavy (non-hydrogen) atoms. The van der Waals surface area contributed by atoms with Gasteiger partial charge in [0.2, 0.25) is 5.88 Å². The van der Waals surface area contributed by atoms with Crippen molar-refractivity contribution >= 4 is 29.1 Å². The third-order valence-electron chi connectivity index (χ3n) is 4.40. The molecule has 1 amide bonds. The maximum Gasteiger partial charge on any atom is 0.259 e. The van der Waals surface area contributed by atoms with Gasteiger partial charge in [0.15, 0.2) is 0 Å². The lowest BCUT2D eigenvalue weighted by Crippen LogP contribution is -2.42. The Morgan fingerprint density at radius 3 is 3.00 bits per heavy atom. The second-order valence-electron chi connectivity index (χ2n) is 6.35. The quantitative estimate of drug-likeness (QED) is 0.824. The largest absolute Gasteiger partial charge is 0.437 e. The van der Waals surface area contributed by atoms with E-state index in [-0.39, 0.29) is 11.8 Å². The molecule has 0 saturated carbocycles. The van der Waals surface area contributed by atoms with Gasteiger partial charge in [-0.1, -0.05) is 23.2 Å². The molecule has 1 aliphatic heterocycles. The van der Waals surface area contributed by atoms with Crippen molar-refractivity contribution in [2.24, 2.45) is 5.92 Å². The van der Waals surface area contributed by atoms with E-state index in [4.69, 9.17) is 27.9 Å². The minimum absolute atomic E-state index is 0.0704. The smallest absolute Gasteiger partial charge is 0.259 e. The van der Waals surface area contributed by atoms with Crippen molar-refractivity contribution in [1.29, 1.82) is 0 Å². The molecule has 1 aromatic carbocycles. The fraction of sp³-hybridized carbons (Fsp3) is 0.368. The lowest BCUT2D eigenvalue weighted by atomic mass is 9.97. The number of piperidine rings is 1. The minimum Gasteiger partial charge on any atom is -0.437 e. The molecule has 0 spiro atoms. The standard InChI is InChI=1S/C19H21Cl2N3O2/c1-22-11-13-4-3-9-24(12-13)19(25)15-5-2-8-23-18(15)26-17-7-6-14(20)10-16(17)21/h2,5-8,10,13,22H,3-4,9,11-12H2,1H3. The first kappa shape index (κ1) is 19.0. The van der Waals surface area contributed by atoms with Gasteiger partial charge in [0.05, 0.1) is 5.02 Å². The Labute approximate surface area is 163 Å². The van der Waals surface area contributed by atoms with Crippen LogP contribution in [0.15, 0.2) is 36.5 Å². The maximum atomic E-state index is 13.0. The summed E-state index contributed by atoms with van der Waals surface area (Å²) in [5.74, 6) is 1.05. The lowest BCUT2D eigenvalue weighted by molar-refractivity contribution is 0.0671. The number of nitrogens with one attached hydrogen (secondary N) is 1. The molecule has 1 unspecified atom stereocenters. The van der Waals surface area contributed by atoms with Crippen LogP contribution < -0.4 is 10.1 Å². The average Bonchev–Trinajstić information content (AvgIpc) is 2.64. The highest BCUT2D eigenvalue weighted by atomic mass is 35.5. The minimum atomic E-state index is -0.0704. The van der Waals surface area contributed by atoms with Gasteiger partial charge in [-0.3, -0.25) is 4.79 Å². The summed E-state index contributed by atoms with van der Waals surface area (Å²) in [5.41, 5.74) is 0.434. The fourth-order valence-corrected chi connectivity index (χ4v) is 3.62. The average molecular weight is 394 g/mol. The van der Waals surface area contributed by atoms with E-state index >= 15 is 0 Å². The van der Waals surface area contributed by atoms with Crippen molar-refractivity contribution < 1.29 is 9.53 Å². The number of likely N-dealkylation sites (tertiary alicyclic amines) is 1. The molecule has 7 heteroatoms. The van der Waals surface area contributed by atoms with Crippen LogP contribution in [0.3, 0.4) is 0 Å². The molecule has 1 fully saturated rings. The van der Waals surface area contributed by atoms with Gasteiger partial charge in [-0.15, -0.1) is 0 Å². The van der Waals surface area contributed by atoms with Crippen molar-refractivity contribution in [3.8, 4) is 11.6 Å². The van der Waals surface area contributed by atoms with E-state index in [2.05, 4.69) is 10.3 Å². The Balaban J connectivity index is 1.81. The molecule has 0 aliphatic carbocycles. The molecule has 1 aromatic heterocycles. The first-order chi connectivity index (χ1) is 12.6. The highest BCUT2D eigenvalue weighted by Gasteiger charge is 2.26. The van der Waals surface area contributed by atoms with Gasteiger partial charge in [-0.2, -0.15) is 0 Å². The zero-order valence-corrected chi connectivity index (χ0v) is 16.1. The molecule has 2 aromatic rings. The van der Waals surface area contributed by atoms with Gasteiger partial charge in [0, 0.05) is 24.3 Å². The van der Waals surface area contributed by atoms with Crippen molar-refractivity contribution in [2.45, 2.75) is 12.8 Å². The summed E-state index contributed by atoms with van der Waals surface area (Å²) in [4.78, 5) is 19.1. The number of halogens is 2. The summed E-state index contributed by atoms with van der Waals surface area (Å²) >= 11 is 12.1. The zero-order valence-electron chi connectivity index (χ0n) is 14.5. The molecular formula is C19H21Cl2N3O2. The molecule has 3 rings (SSSR count). The number of benzene rings is 1. The number of carbonyl (C=O) groups is 1. The molecule has 1 N–H and O–H groups in total. The number of aromatic nitrogens is 1. The molecule has 0 radical (unpaired) electrons. The van der Waals surface area contributed by atoms with Crippen LogP contribution in [-0.4, -0.2) is 42.5 Å². The van der Waals surface area contributed by atoms with Crippen LogP contribution in [0.1, 0.15) is 23.2 Å². The van der Waals surface area contributed by atoms with Crippen LogP contribution >= 0.6 is 23.2 Å². The summed E-state index contributed by atoms with van der Waals surface area (Å²) in [7, 11) is 1.93. The van der Waals surface area contributed by atoms with Crippen LogP contribution in [0, 0.1) is 5.92 Å². The van der Waals surface area contributed by atoms with E-state index in [1.165, 1.54) is 0 Å². The highest BCUT2D eigenvalue weighted by Crippen LogP contribution is 2.32. The van der Waals surface area contributed by atoms with Crippen molar-refractivity contribution in [3.63, 3.8) is 0 Å². The van der Waals surface area contributed by atoms with Crippen LogP contribution in [0.5, 0.6) is 11.6 Å². The van der Waals surface area contributed by atoms with E-state index in [1.807, 2.05) is 11.9 Å². The number of hydrogen-bond acceptors (Lipinski definition) is 4. The van der Waals surface area contributed by atoms with E-state index < -0.39 is 0 Å². The van der Waals surface area contributed by atoms with Crippen molar-refractivity contribution in [3.05, 3.63) is 52.1 Å². The molecule has 138 valence electrons. The second-order valence-corrected chi connectivity index (χ2v) is 7.19. The molecule has 0 bridgehead atoms. The first-order valence-electron chi connectivity index (χ1n) is 8.60. The predicted octanol–water partition coefficient (Wildman–Crippen LogP) is 4.25. The molecule has 1 aliphatic rings. The molecular weight excluding hydrogens is 373 g/mol. The second kappa shape index (κ2) is 8.71. The number of pyridine rings is 1.